The van der Waals surface area contributed by atoms with Crippen LogP contribution in [-0.2, 0) is 0 Å². The summed E-state index contributed by atoms with van der Waals surface area (Å²) in [4.78, 5) is 0. The summed E-state index contributed by atoms with van der Waals surface area (Å²) in [5.41, 5.74) is 0. The van der Waals surface area contributed by atoms with Crippen LogP contribution in [0, 0.1) is 0 Å². The van der Waals surface area contributed by atoms with E-state index < -0.39 is 0 Å². The smallest absolute Gasteiger partial charge is 0.131 e. The lowest BCUT2D eigenvalue weighted by atomic mass is 10.2. The van der Waals surface area contributed by atoms with Crippen LogP contribution in [-0.4, -0.2) is 19.2 Å². The van der Waals surface area contributed by atoms with Crippen molar-refractivity contribution in [3.05, 3.63) is 54.6 Å². The van der Waals surface area contributed by atoms with E-state index in [1.54, 1.807) is 0 Å². The Morgan fingerprint density at radius 2 is 1.61 bits per heavy atom. The fraction of sp³-hybridized carbons (Fsp3) is 0.400. The average molecular weight is 312 g/mol. The number of quaternary nitrogens is 1. The zero-order valence-corrected chi connectivity index (χ0v) is 13.6. The van der Waals surface area contributed by atoms with Gasteiger partial charge in [0.25, 0.3) is 0 Å². The third kappa shape index (κ3) is 5.29. The Bertz CT molecular complexity index is 579. The monoisotopic (exact) mass is 312 g/mol. The van der Waals surface area contributed by atoms with Crippen LogP contribution in [0.2, 0.25) is 0 Å². The van der Waals surface area contributed by atoms with Crippen molar-refractivity contribution in [2.24, 2.45) is 0 Å². The summed E-state index contributed by atoms with van der Waals surface area (Å²) in [5, 5.41) is 2.49. The molecule has 2 aromatic carbocycles. The second kappa shape index (κ2) is 8.59. The number of ether oxygens (including phenoxy) is 2. The first-order valence-corrected chi connectivity index (χ1v) is 8.69. The molecule has 23 heavy (non-hydrogen) atoms. The highest BCUT2D eigenvalue weighted by molar-refractivity contribution is 5.36. The van der Waals surface area contributed by atoms with Crippen LogP contribution in [0.5, 0.6) is 17.2 Å². The first-order chi connectivity index (χ1) is 11.4. The van der Waals surface area contributed by atoms with Gasteiger partial charge in [-0.1, -0.05) is 24.3 Å². The van der Waals surface area contributed by atoms with Gasteiger partial charge in [-0.05, 0) is 49.9 Å². The van der Waals surface area contributed by atoms with Crippen molar-refractivity contribution >= 4 is 0 Å². The molecule has 0 atom stereocenters. The van der Waals surface area contributed by atoms with Gasteiger partial charge in [0, 0.05) is 12.5 Å². The number of hydrogen-bond acceptors (Lipinski definition) is 2. The van der Waals surface area contributed by atoms with E-state index in [2.05, 4.69) is 5.32 Å². The highest BCUT2D eigenvalue weighted by Gasteiger charge is 2.16. The Labute approximate surface area is 138 Å². The summed E-state index contributed by atoms with van der Waals surface area (Å²) in [5.74, 6) is 2.53. The van der Waals surface area contributed by atoms with Crippen LogP contribution in [0.3, 0.4) is 0 Å². The number of nitrogens with two attached hydrogens (primary N) is 1. The topological polar surface area (TPSA) is 35.1 Å². The molecule has 2 N–H and O–H groups in total. The van der Waals surface area contributed by atoms with Crippen LogP contribution in [0.25, 0.3) is 0 Å². The average Bonchev–Trinajstić information content (AvgIpc) is 3.09. The number of rotatable bonds is 8. The Kier molecular flexibility index (Phi) is 5.93. The second-order valence-electron chi connectivity index (χ2n) is 6.16. The van der Waals surface area contributed by atoms with Gasteiger partial charge in [-0.3, -0.25) is 0 Å². The van der Waals surface area contributed by atoms with Crippen molar-refractivity contribution in [3.8, 4) is 17.2 Å². The first-order valence-electron chi connectivity index (χ1n) is 8.69. The van der Waals surface area contributed by atoms with Crippen LogP contribution >= 0.6 is 0 Å². The first kappa shape index (κ1) is 15.9. The molecule has 2 aromatic rings. The quantitative estimate of drug-likeness (QED) is 0.753. The van der Waals surface area contributed by atoms with Crippen molar-refractivity contribution in [3.63, 3.8) is 0 Å². The molecular weight excluding hydrogens is 286 g/mol. The Morgan fingerprint density at radius 1 is 0.870 bits per heavy atom. The Hall–Kier alpha value is -2.00. The maximum absolute atomic E-state index is 5.85. The van der Waals surface area contributed by atoms with Gasteiger partial charge in [0.05, 0.1) is 19.2 Å². The van der Waals surface area contributed by atoms with E-state index in [9.17, 15) is 0 Å². The van der Waals surface area contributed by atoms with Gasteiger partial charge in [0.2, 0.25) is 0 Å². The number of para-hydroxylation sites is 1. The van der Waals surface area contributed by atoms with E-state index in [0.29, 0.717) is 0 Å². The van der Waals surface area contributed by atoms with Crippen molar-refractivity contribution < 1.29 is 14.8 Å². The molecule has 1 aliphatic carbocycles. The van der Waals surface area contributed by atoms with Gasteiger partial charge in [0.15, 0.2) is 0 Å². The predicted octanol–water partition coefficient (Wildman–Crippen LogP) is 3.75. The fourth-order valence-corrected chi connectivity index (χ4v) is 3.07. The second-order valence-corrected chi connectivity index (χ2v) is 6.16. The summed E-state index contributed by atoms with van der Waals surface area (Å²) in [6.07, 6.45) is 6.68. The van der Waals surface area contributed by atoms with Crippen LogP contribution in [0.1, 0.15) is 32.1 Å². The van der Waals surface area contributed by atoms with E-state index in [1.165, 1.54) is 25.7 Å². The highest BCUT2D eigenvalue weighted by atomic mass is 16.5. The number of benzene rings is 2. The molecule has 3 nitrogen and oxygen atoms in total. The SMILES string of the molecule is c1ccc(Oc2cccc(OCCC[NH2+]C3CCCC3)c2)cc1. The molecule has 0 amide bonds. The maximum Gasteiger partial charge on any atom is 0.131 e. The summed E-state index contributed by atoms with van der Waals surface area (Å²) < 4.78 is 11.7. The molecule has 0 aliphatic heterocycles. The van der Waals surface area contributed by atoms with E-state index in [0.717, 1.165) is 42.9 Å². The van der Waals surface area contributed by atoms with Gasteiger partial charge in [-0.15, -0.1) is 0 Å². The van der Waals surface area contributed by atoms with Crippen molar-refractivity contribution in [2.75, 3.05) is 13.2 Å². The lowest BCUT2D eigenvalue weighted by Crippen LogP contribution is -2.89. The van der Waals surface area contributed by atoms with E-state index in [4.69, 9.17) is 9.47 Å². The van der Waals surface area contributed by atoms with Gasteiger partial charge >= 0.3 is 0 Å². The molecule has 0 saturated heterocycles. The molecule has 0 radical (unpaired) electrons. The zero-order valence-electron chi connectivity index (χ0n) is 13.6. The Balaban J connectivity index is 1.40. The molecular formula is C20H26NO2+. The van der Waals surface area contributed by atoms with Gasteiger partial charge in [-0.2, -0.15) is 0 Å². The van der Waals surface area contributed by atoms with E-state index in [-0.39, 0.29) is 0 Å². The Morgan fingerprint density at radius 3 is 2.43 bits per heavy atom. The summed E-state index contributed by atoms with van der Waals surface area (Å²) >= 11 is 0. The van der Waals surface area contributed by atoms with Gasteiger partial charge in [-0.25, -0.2) is 0 Å². The molecule has 1 aliphatic rings. The molecule has 3 heteroatoms. The molecule has 0 unspecified atom stereocenters. The molecule has 0 heterocycles. The van der Waals surface area contributed by atoms with Gasteiger partial charge in [0.1, 0.15) is 17.2 Å². The standard InChI is InChI=1S/C20H25NO2/c1-2-10-18(11-3-1)23-20-13-6-12-19(16-20)22-15-7-14-21-17-8-4-5-9-17/h1-3,6,10-13,16-17,21H,4-5,7-9,14-15H2/p+1. The van der Waals surface area contributed by atoms with E-state index >= 15 is 0 Å². The minimum absolute atomic E-state index is 0.762. The summed E-state index contributed by atoms with van der Waals surface area (Å²) in [6.45, 7) is 1.92. The molecule has 0 bridgehead atoms. The minimum atomic E-state index is 0.762. The van der Waals surface area contributed by atoms with Crippen LogP contribution in [0.4, 0.5) is 0 Å². The molecule has 1 saturated carbocycles. The van der Waals surface area contributed by atoms with Crippen LogP contribution in [0.15, 0.2) is 54.6 Å². The van der Waals surface area contributed by atoms with Crippen molar-refractivity contribution in [2.45, 2.75) is 38.1 Å². The lowest BCUT2D eigenvalue weighted by molar-refractivity contribution is -0.688. The largest absolute Gasteiger partial charge is 0.493 e. The summed E-state index contributed by atoms with van der Waals surface area (Å²) in [7, 11) is 0. The molecule has 3 rings (SSSR count). The fourth-order valence-electron chi connectivity index (χ4n) is 3.07. The third-order valence-corrected chi connectivity index (χ3v) is 4.30. The lowest BCUT2D eigenvalue weighted by Gasteiger charge is -2.10. The van der Waals surface area contributed by atoms with Crippen molar-refractivity contribution in [1.82, 2.24) is 0 Å². The molecule has 1 fully saturated rings. The van der Waals surface area contributed by atoms with Gasteiger partial charge < -0.3 is 14.8 Å². The number of hydrogen-bond donors (Lipinski definition) is 1. The van der Waals surface area contributed by atoms with Crippen LogP contribution < -0.4 is 14.8 Å². The minimum Gasteiger partial charge on any atom is -0.493 e. The normalized spacial score (nSPS) is 14.8. The van der Waals surface area contributed by atoms with E-state index in [1.807, 2.05) is 54.6 Å². The molecule has 0 aromatic heterocycles. The molecule has 122 valence electrons. The third-order valence-electron chi connectivity index (χ3n) is 4.30. The summed E-state index contributed by atoms with van der Waals surface area (Å²) in [6, 6.07) is 18.5. The highest BCUT2D eigenvalue weighted by Crippen LogP contribution is 2.25. The molecule has 0 spiro atoms. The maximum atomic E-state index is 5.85. The zero-order chi connectivity index (χ0) is 15.7. The van der Waals surface area contributed by atoms with Crippen molar-refractivity contribution in [1.29, 1.82) is 0 Å². The predicted molar refractivity (Wildman–Crippen MR) is 92.1 cm³/mol.